The van der Waals surface area contributed by atoms with Crippen LogP contribution in [0.3, 0.4) is 0 Å². The zero-order chi connectivity index (χ0) is 22.6. The van der Waals surface area contributed by atoms with Crippen molar-refractivity contribution in [2.24, 2.45) is 5.41 Å². The highest BCUT2D eigenvalue weighted by molar-refractivity contribution is 6.07. The molecule has 0 unspecified atom stereocenters. The number of aryl methyl sites for hydroxylation is 1. The van der Waals surface area contributed by atoms with Crippen molar-refractivity contribution in [2.75, 3.05) is 26.2 Å². The summed E-state index contributed by atoms with van der Waals surface area (Å²) in [5, 5.41) is 13.4. The van der Waals surface area contributed by atoms with Gasteiger partial charge in [-0.2, -0.15) is 0 Å². The molecule has 2 aromatic rings. The van der Waals surface area contributed by atoms with Gasteiger partial charge in [-0.15, -0.1) is 0 Å². The molecule has 1 saturated heterocycles. The number of hydrogen-bond acceptors (Lipinski definition) is 5. The normalized spacial score (nSPS) is 15.6. The van der Waals surface area contributed by atoms with E-state index in [2.05, 4.69) is 12.2 Å². The van der Waals surface area contributed by atoms with Gasteiger partial charge in [-0.1, -0.05) is 31.5 Å². The number of carbonyl (C=O) groups is 2. The first-order valence-electron chi connectivity index (χ1n) is 11.1. The Hall–Kier alpha value is -2.54. The molecule has 0 aliphatic carbocycles. The largest absolute Gasteiger partial charge is 0.460 e. The molecule has 170 valence electrons. The molecule has 0 bridgehead atoms. The smallest absolute Gasteiger partial charge is 0.410 e. The van der Waals surface area contributed by atoms with E-state index in [9.17, 15) is 14.7 Å². The van der Waals surface area contributed by atoms with E-state index in [1.807, 2.05) is 45.0 Å². The minimum absolute atomic E-state index is 0.00554. The van der Waals surface area contributed by atoms with Gasteiger partial charge in [0, 0.05) is 43.5 Å². The molecule has 0 radical (unpaired) electrons. The second kappa shape index (κ2) is 9.30. The maximum atomic E-state index is 13.2. The monoisotopic (exact) mass is 430 g/mol. The summed E-state index contributed by atoms with van der Waals surface area (Å²) in [4.78, 5) is 27.1. The Kier molecular flexibility index (Phi) is 6.94. The number of hydrogen-bond donors (Lipinski definition) is 2. The summed E-state index contributed by atoms with van der Waals surface area (Å²) in [7, 11) is 0. The number of carbonyl (C=O) groups excluding carboxylic acids is 2. The van der Waals surface area contributed by atoms with Gasteiger partial charge in [0.15, 0.2) is 0 Å². The lowest BCUT2D eigenvalue weighted by atomic mass is 9.77. The lowest BCUT2D eigenvalue weighted by Crippen LogP contribution is -2.63. The quantitative estimate of drug-likeness (QED) is 0.657. The van der Waals surface area contributed by atoms with E-state index in [0.717, 1.165) is 18.2 Å². The Morgan fingerprint density at radius 1 is 1.26 bits per heavy atom. The molecule has 2 N–H and O–H groups in total. The molecule has 0 spiro atoms. The van der Waals surface area contributed by atoms with Crippen LogP contribution < -0.4 is 5.32 Å². The van der Waals surface area contributed by atoms with Crippen molar-refractivity contribution in [1.29, 1.82) is 0 Å². The standard InChI is InChI=1S/C24H34N2O5/c1-5-6-10-19-20(17-9-7-8-11-18(17)30-19)21(28)25-14-24(12-13-27)15-26(16-24)22(29)31-23(2,3)4/h7-9,11,27H,5-6,10,12-16H2,1-4H3,(H,25,28). The number of nitrogens with zero attached hydrogens (tertiary/aromatic N) is 1. The molecule has 0 saturated carbocycles. The lowest BCUT2D eigenvalue weighted by molar-refractivity contribution is -0.0413. The molecule has 7 heteroatoms. The first-order chi connectivity index (χ1) is 14.7. The summed E-state index contributed by atoms with van der Waals surface area (Å²) in [6.07, 6.45) is 2.80. The molecular formula is C24H34N2O5. The molecule has 2 heterocycles. The average Bonchev–Trinajstić information content (AvgIpc) is 3.04. The zero-order valence-electron chi connectivity index (χ0n) is 19.0. The number of likely N-dealkylation sites (tertiary alicyclic amines) is 1. The fraction of sp³-hybridized carbons (Fsp3) is 0.583. The van der Waals surface area contributed by atoms with Crippen LogP contribution in [0.1, 0.15) is 63.1 Å². The molecule has 1 fully saturated rings. The Balaban J connectivity index is 1.70. The fourth-order valence-electron chi connectivity index (χ4n) is 4.03. The number of ether oxygens (including phenoxy) is 1. The number of benzene rings is 1. The minimum atomic E-state index is -0.558. The van der Waals surface area contributed by atoms with Crippen LogP contribution >= 0.6 is 0 Å². The lowest BCUT2D eigenvalue weighted by Gasteiger charge is -2.50. The number of aliphatic hydroxyl groups is 1. The summed E-state index contributed by atoms with van der Waals surface area (Å²) < 4.78 is 11.4. The van der Waals surface area contributed by atoms with Gasteiger partial charge in [-0.25, -0.2) is 4.79 Å². The maximum absolute atomic E-state index is 13.2. The topological polar surface area (TPSA) is 92.0 Å². The molecule has 1 aromatic carbocycles. The van der Waals surface area contributed by atoms with E-state index in [4.69, 9.17) is 9.15 Å². The number of rotatable bonds is 8. The third kappa shape index (κ3) is 5.39. The first-order valence-corrected chi connectivity index (χ1v) is 11.1. The zero-order valence-corrected chi connectivity index (χ0v) is 19.0. The molecule has 2 amide bonds. The van der Waals surface area contributed by atoms with Crippen molar-refractivity contribution in [3.05, 3.63) is 35.6 Å². The Morgan fingerprint density at radius 3 is 2.61 bits per heavy atom. The average molecular weight is 431 g/mol. The molecule has 1 aliphatic rings. The van der Waals surface area contributed by atoms with Gasteiger partial charge in [0.2, 0.25) is 0 Å². The second-order valence-electron chi connectivity index (χ2n) is 9.49. The molecule has 0 atom stereocenters. The number of furan rings is 1. The van der Waals surface area contributed by atoms with Gasteiger partial charge in [-0.3, -0.25) is 4.79 Å². The molecule has 1 aliphatic heterocycles. The number of fused-ring (bicyclic) bond motifs is 1. The van der Waals surface area contributed by atoms with E-state index in [-0.39, 0.29) is 24.0 Å². The van der Waals surface area contributed by atoms with Gasteiger partial charge in [0.05, 0.1) is 5.56 Å². The van der Waals surface area contributed by atoms with E-state index in [1.165, 1.54) is 0 Å². The van der Waals surface area contributed by atoms with Gasteiger partial charge < -0.3 is 24.5 Å². The van der Waals surface area contributed by atoms with E-state index < -0.39 is 5.60 Å². The van der Waals surface area contributed by atoms with Gasteiger partial charge in [-0.05, 0) is 39.7 Å². The number of nitrogens with one attached hydrogen (secondary N) is 1. The van der Waals surface area contributed by atoms with Crippen LogP contribution in [0, 0.1) is 5.41 Å². The number of unbranched alkanes of at least 4 members (excludes halogenated alkanes) is 1. The predicted molar refractivity (Wildman–Crippen MR) is 119 cm³/mol. The Labute approximate surface area is 183 Å². The van der Waals surface area contributed by atoms with Crippen molar-refractivity contribution >= 4 is 23.0 Å². The van der Waals surface area contributed by atoms with Crippen molar-refractivity contribution in [1.82, 2.24) is 10.2 Å². The van der Waals surface area contributed by atoms with Crippen LogP contribution in [0.5, 0.6) is 0 Å². The summed E-state index contributed by atoms with van der Waals surface area (Å²) in [6, 6.07) is 7.57. The van der Waals surface area contributed by atoms with Gasteiger partial charge >= 0.3 is 6.09 Å². The SMILES string of the molecule is CCCCc1oc2ccccc2c1C(=O)NCC1(CCO)CN(C(=O)OC(C)(C)C)C1. The summed E-state index contributed by atoms with van der Waals surface area (Å²) in [5.74, 6) is 0.532. The summed E-state index contributed by atoms with van der Waals surface area (Å²) in [6.45, 7) is 8.85. The summed E-state index contributed by atoms with van der Waals surface area (Å²) >= 11 is 0. The van der Waals surface area contributed by atoms with Crippen molar-refractivity contribution in [3.63, 3.8) is 0 Å². The van der Waals surface area contributed by atoms with Crippen LogP contribution in [-0.2, 0) is 11.2 Å². The predicted octanol–water partition coefficient (Wildman–Crippen LogP) is 4.12. The molecular weight excluding hydrogens is 396 g/mol. The molecule has 1 aromatic heterocycles. The fourth-order valence-corrected chi connectivity index (χ4v) is 4.03. The third-order valence-corrected chi connectivity index (χ3v) is 5.62. The van der Waals surface area contributed by atoms with Crippen molar-refractivity contribution in [2.45, 2.75) is 59.0 Å². The highest BCUT2D eigenvalue weighted by Crippen LogP contribution is 2.35. The van der Waals surface area contributed by atoms with Crippen molar-refractivity contribution in [3.8, 4) is 0 Å². The number of para-hydroxylation sites is 1. The van der Waals surface area contributed by atoms with Crippen LogP contribution in [0.4, 0.5) is 4.79 Å². The van der Waals surface area contributed by atoms with Crippen LogP contribution in [0.25, 0.3) is 11.0 Å². The first kappa shape index (κ1) is 23.1. The third-order valence-electron chi connectivity index (χ3n) is 5.62. The second-order valence-corrected chi connectivity index (χ2v) is 9.49. The minimum Gasteiger partial charge on any atom is -0.460 e. The molecule has 31 heavy (non-hydrogen) atoms. The molecule has 3 rings (SSSR count). The van der Waals surface area contributed by atoms with Gasteiger partial charge in [0.25, 0.3) is 5.91 Å². The van der Waals surface area contributed by atoms with E-state index >= 15 is 0 Å². The highest BCUT2D eigenvalue weighted by Gasteiger charge is 2.46. The number of aliphatic hydroxyl groups excluding tert-OH is 1. The summed E-state index contributed by atoms with van der Waals surface area (Å²) in [5.41, 5.74) is 0.387. The van der Waals surface area contributed by atoms with E-state index in [0.29, 0.717) is 49.4 Å². The maximum Gasteiger partial charge on any atom is 0.410 e. The van der Waals surface area contributed by atoms with E-state index in [1.54, 1.807) is 4.90 Å². The Bertz CT molecular complexity index is 922. The van der Waals surface area contributed by atoms with Crippen LogP contribution in [0.2, 0.25) is 0 Å². The number of amides is 2. The Morgan fingerprint density at radius 2 is 1.97 bits per heavy atom. The van der Waals surface area contributed by atoms with Crippen molar-refractivity contribution < 1.29 is 23.8 Å². The van der Waals surface area contributed by atoms with Gasteiger partial charge in [0.1, 0.15) is 16.9 Å². The van der Waals surface area contributed by atoms with Crippen LogP contribution in [0.15, 0.2) is 28.7 Å². The highest BCUT2D eigenvalue weighted by atomic mass is 16.6. The molecule has 7 nitrogen and oxygen atoms in total. The van der Waals surface area contributed by atoms with Crippen LogP contribution in [-0.4, -0.2) is 53.8 Å².